The summed E-state index contributed by atoms with van der Waals surface area (Å²) in [5, 5.41) is 0.741. The highest BCUT2D eigenvalue weighted by Gasteiger charge is 2.65. The Morgan fingerprint density at radius 2 is 1.48 bits per heavy atom. The summed E-state index contributed by atoms with van der Waals surface area (Å²) in [5.41, 5.74) is 1.18. The standard InChI is InChI=1S/C19H20O4S2/c1-22-18(20)14-11-9-12(15(14)19(21)23-2)17-16(11)24-13(25-17)8-10-6-4-3-5-7-10/h3-8,11-12,14-17H,9H2,1-2H3/t11-,12+,14-,15+,16-,17+. The molecule has 1 aromatic carbocycles. The molecule has 3 fully saturated rings. The number of methoxy groups -OCH3 is 2. The predicted molar refractivity (Wildman–Crippen MR) is 99.8 cm³/mol. The molecule has 0 N–H and O–H groups in total. The Morgan fingerprint density at radius 1 is 0.960 bits per heavy atom. The minimum absolute atomic E-state index is 0.186. The van der Waals surface area contributed by atoms with Crippen molar-refractivity contribution in [1.82, 2.24) is 0 Å². The minimum Gasteiger partial charge on any atom is -0.469 e. The van der Waals surface area contributed by atoms with Gasteiger partial charge in [0.2, 0.25) is 0 Å². The molecule has 0 aromatic heterocycles. The number of rotatable bonds is 3. The summed E-state index contributed by atoms with van der Waals surface area (Å²) in [7, 11) is 2.80. The second-order valence-electron chi connectivity index (χ2n) is 6.70. The molecule has 2 aliphatic carbocycles. The van der Waals surface area contributed by atoms with E-state index in [-0.39, 0.29) is 35.6 Å². The van der Waals surface area contributed by atoms with Gasteiger partial charge in [0.05, 0.1) is 26.1 Å². The summed E-state index contributed by atoms with van der Waals surface area (Å²) in [6, 6.07) is 10.2. The van der Waals surface area contributed by atoms with E-state index in [0.29, 0.717) is 10.5 Å². The summed E-state index contributed by atoms with van der Waals surface area (Å²) >= 11 is 3.71. The van der Waals surface area contributed by atoms with Crippen molar-refractivity contribution in [2.75, 3.05) is 14.2 Å². The van der Waals surface area contributed by atoms with Crippen LogP contribution in [0, 0.1) is 23.7 Å². The highest BCUT2D eigenvalue weighted by molar-refractivity contribution is 8.26. The molecule has 0 amide bonds. The Bertz CT molecular complexity index is 679. The highest BCUT2D eigenvalue weighted by atomic mass is 32.2. The number of thioether (sulfide) groups is 2. The number of hydrogen-bond acceptors (Lipinski definition) is 6. The smallest absolute Gasteiger partial charge is 0.309 e. The molecule has 2 bridgehead atoms. The molecule has 1 aromatic rings. The van der Waals surface area contributed by atoms with E-state index in [1.54, 1.807) is 0 Å². The molecule has 1 aliphatic heterocycles. The average molecular weight is 376 g/mol. The fourth-order valence-electron chi connectivity index (χ4n) is 4.58. The maximum absolute atomic E-state index is 12.3. The van der Waals surface area contributed by atoms with E-state index < -0.39 is 0 Å². The summed E-state index contributed by atoms with van der Waals surface area (Å²) in [5.74, 6) is -0.905. The maximum Gasteiger partial charge on any atom is 0.309 e. The number of fused-ring (bicyclic) bond motifs is 5. The van der Waals surface area contributed by atoms with E-state index in [1.807, 2.05) is 41.7 Å². The number of esters is 2. The Balaban J connectivity index is 1.61. The number of hydrogen-bond donors (Lipinski definition) is 0. The highest BCUT2D eigenvalue weighted by Crippen LogP contribution is 2.67. The van der Waals surface area contributed by atoms with Gasteiger partial charge in [0, 0.05) is 14.7 Å². The first-order chi connectivity index (χ1) is 12.1. The lowest BCUT2D eigenvalue weighted by Gasteiger charge is -2.33. The van der Waals surface area contributed by atoms with Gasteiger partial charge in [-0.05, 0) is 29.9 Å². The Labute approximate surface area is 155 Å². The van der Waals surface area contributed by atoms with E-state index in [9.17, 15) is 9.59 Å². The molecule has 6 heteroatoms. The van der Waals surface area contributed by atoms with Crippen LogP contribution < -0.4 is 0 Å². The van der Waals surface area contributed by atoms with E-state index in [0.717, 1.165) is 6.42 Å². The monoisotopic (exact) mass is 376 g/mol. The molecule has 0 radical (unpaired) electrons. The first kappa shape index (κ1) is 17.0. The molecule has 2 saturated carbocycles. The van der Waals surface area contributed by atoms with Gasteiger partial charge < -0.3 is 9.47 Å². The summed E-state index contributed by atoms with van der Waals surface area (Å²) in [4.78, 5) is 24.7. The van der Waals surface area contributed by atoms with Crippen molar-refractivity contribution in [1.29, 1.82) is 0 Å². The summed E-state index contributed by atoms with van der Waals surface area (Å²) in [6.07, 6.45) is 3.11. The lowest BCUT2D eigenvalue weighted by molar-refractivity contribution is -0.159. The van der Waals surface area contributed by atoms with Crippen LogP contribution in [0.15, 0.2) is 34.6 Å². The van der Waals surface area contributed by atoms with E-state index >= 15 is 0 Å². The first-order valence-electron chi connectivity index (χ1n) is 8.39. The SMILES string of the molecule is COC(=O)[C@@H]1[C@H]2C[C@H]([C@@H]3SC(=Cc4ccccc4)S[C@H]23)[C@@H]1C(=O)OC. The zero-order valence-electron chi connectivity index (χ0n) is 14.1. The van der Waals surface area contributed by atoms with E-state index in [4.69, 9.17) is 9.47 Å². The molecule has 1 heterocycles. The number of carbonyl (C=O) groups is 2. The quantitative estimate of drug-likeness (QED) is 0.754. The Hall–Kier alpha value is -1.40. The van der Waals surface area contributed by atoms with Crippen LogP contribution in [0.25, 0.3) is 6.08 Å². The van der Waals surface area contributed by atoms with Crippen molar-refractivity contribution < 1.29 is 19.1 Å². The Morgan fingerprint density at radius 3 is 1.96 bits per heavy atom. The van der Waals surface area contributed by atoms with E-state index in [2.05, 4.69) is 18.2 Å². The van der Waals surface area contributed by atoms with Gasteiger partial charge in [-0.25, -0.2) is 0 Å². The van der Waals surface area contributed by atoms with Gasteiger partial charge in [0.15, 0.2) is 0 Å². The third-order valence-electron chi connectivity index (χ3n) is 5.56. The zero-order valence-corrected chi connectivity index (χ0v) is 15.7. The topological polar surface area (TPSA) is 52.6 Å². The molecular formula is C19H20O4S2. The second kappa shape index (κ2) is 6.72. The van der Waals surface area contributed by atoms with Crippen LogP contribution in [0.1, 0.15) is 12.0 Å². The van der Waals surface area contributed by atoms with Gasteiger partial charge in [-0.2, -0.15) is 0 Å². The van der Waals surface area contributed by atoms with Gasteiger partial charge in [-0.15, -0.1) is 23.5 Å². The molecule has 25 heavy (non-hydrogen) atoms. The Kier molecular flexibility index (Phi) is 4.58. The van der Waals surface area contributed by atoms with Gasteiger partial charge in [-0.3, -0.25) is 9.59 Å². The van der Waals surface area contributed by atoms with Crippen LogP contribution in [0.2, 0.25) is 0 Å². The van der Waals surface area contributed by atoms with Crippen molar-refractivity contribution in [3.05, 3.63) is 40.1 Å². The summed E-state index contributed by atoms with van der Waals surface area (Å²) < 4.78 is 11.3. The number of benzene rings is 1. The fourth-order valence-corrected chi connectivity index (χ4v) is 8.33. The molecule has 0 spiro atoms. The van der Waals surface area contributed by atoms with E-state index in [1.165, 1.54) is 24.0 Å². The average Bonchev–Trinajstić information content (AvgIpc) is 3.30. The summed E-state index contributed by atoms with van der Waals surface area (Å²) in [6.45, 7) is 0. The number of carbonyl (C=O) groups excluding carboxylic acids is 2. The largest absolute Gasteiger partial charge is 0.469 e. The second-order valence-corrected chi connectivity index (χ2v) is 9.40. The lowest BCUT2D eigenvalue weighted by atomic mass is 9.78. The lowest BCUT2D eigenvalue weighted by Crippen LogP contribution is -2.44. The molecule has 6 atom stereocenters. The van der Waals surface area contributed by atoms with Crippen LogP contribution in [0.5, 0.6) is 0 Å². The van der Waals surface area contributed by atoms with Crippen molar-refractivity contribution in [2.45, 2.75) is 16.9 Å². The van der Waals surface area contributed by atoms with Crippen molar-refractivity contribution >= 4 is 41.5 Å². The van der Waals surface area contributed by atoms with Gasteiger partial charge in [-0.1, -0.05) is 30.3 Å². The van der Waals surface area contributed by atoms with Crippen LogP contribution in [0.3, 0.4) is 0 Å². The zero-order chi connectivity index (χ0) is 17.6. The molecule has 0 unspecified atom stereocenters. The number of ether oxygens (including phenoxy) is 2. The van der Waals surface area contributed by atoms with Gasteiger partial charge >= 0.3 is 11.9 Å². The van der Waals surface area contributed by atoms with Crippen LogP contribution >= 0.6 is 23.5 Å². The van der Waals surface area contributed by atoms with Crippen molar-refractivity contribution in [2.24, 2.45) is 23.7 Å². The third-order valence-corrected chi connectivity index (χ3v) is 8.84. The third kappa shape index (κ3) is 2.79. The maximum atomic E-state index is 12.3. The molecule has 4 nitrogen and oxygen atoms in total. The molecule has 1 saturated heterocycles. The molecule has 4 rings (SSSR count). The van der Waals surface area contributed by atoms with Gasteiger partial charge in [0.25, 0.3) is 0 Å². The molecule has 132 valence electrons. The molecular weight excluding hydrogens is 356 g/mol. The predicted octanol–water partition coefficient (Wildman–Crippen LogP) is 3.43. The van der Waals surface area contributed by atoms with Crippen molar-refractivity contribution in [3.8, 4) is 0 Å². The van der Waals surface area contributed by atoms with Crippen LogP contribution in [-0.4, -0.2) is 36.7 Å². The van der Waals surface area contributed by atoms with Crippen LogP contribution in [-0.2, 0) is 19.1 Å². The first-order valence-corrected chi connectivity index (χ1v) is 10.2. The van der Waals surface area contributed by atoms with Crippen LogP contribution in [0.4, 0.5) is 0 Å². The normalized spacial score (nSPS) is 37.1. The molecule has 3 aliphatic rings. The van der Waals surface area contributed by atoms with Gasteiger partial charge in [0.1, 0.15) is 0 Å². The fraction of sp³-hybridized carbons (Fsp3) is 0.474. The van der Waals surface area contributed by atoms with Crippen molar-refractivity contribution in [3.63, 3.8) is 0 Å². The minimum atomic E-state index is -0.368.